The largest absolute Gasteiger partial charge is 0.496 e. The predicted octanol–water partition coefficient (Wildman–Crippen LogP) is 2.56. The zero-order valence-corrected chi connectivity index (χ0v) is 12.9. The number of halogens is 1. The Morgan fingerprint density at radius 1 is 1.53 bits per heavy atom. The molecule has 0 unspecified atom stereocenters. The van der Waals surface area contributed by atoms with Crippen LogP contribution in [-0.2, 0) is 7.05 Å². The van der Waals surface area contributed by atoms with Gasteiger partial charge in [0.1, 0.15) is 12.1 Å². The van der Waals surface area contributed by atoms with Crippen molar-refractivity contribution in [1.29, 1.82) is 0 Å². The number of nitrogens with zero attached hydrogens (tertiary/aromatic N) is 3. The molecule has 0 amide bonds. The standard InChI is InChI=1S/C12H12BrN3O2S/c1-16-12(14-7-15-16)19-6-10(17)8-3-4-11(18-2)9(13)5-8/h3-5,7H,6H2,1-2H3. The normalized spacial score (nSPS) is 10.5. The summed E-state index contributed by atoms with van der Waals surface area (Å²) in [7, 11) is 3.38. The SMILES string of the molecule is COc1ccc(C(=O)CSc2ncnn2C)cc1Br. The Morgan fingerprint density at radius 2 is 2.32 bits per heavy atom. The summed E-state index contributed by atoms with van der Waals surface area (Å²) in [5, 5.41) is 4.68. The highest BCUT2D eigenvalue weighted by molar-refractivity contribution is 9.10. The van der Waals surface area contributed by atoms with Gasteiger partial charge in [0.2, 0.25) is 0 Å². The summed E-state index contributed by atoms with van der Waals surface area (Å²) >= 11 is 4.73. The molecular weight excluding hydrogens is 330 g/mol. The Morgan fingerprint density at radius 3 is 2.89 bits per heavy atom. The van der Waals surface area contributed by atoms with Crippen molar-refractivity contribution >= 4 is 33.5 Å². The van der Waals surface area contributed by atoms with Crippen molar-refractivity contribution in [3.8, 4) is 5.75 Å². The highest BCUT2D eigenvalue weighted by atomic mass is 79.9. The van der Waals surface area contributed by atoms with Gasteiger partial charge < -0.3 is 4.74 Å². The van der Waals surface area contributed by atoms with E-state index in [0.717, 1.165) is 9.63 Å². The van der Waals surface area contributed by atoms with Gasteiger partial charge in [-0.05, 0) is 34.1 Å². The van der Waals surface area contributed by atoms with E-state index in [1.165, 1.54) is 18.1 Å². The fourth-order valence-corrected chi connectivity index (χ4v) is 2.79. The fraction of sp³-hybridized carbons (Fsp3) is 0.250. The molecule has 7 heteroatoms. The van der Waals surface area contributed by atoms with Crippen LogP contribution in [0.3, 0.4) is 0 Å². The zero-order valence-electron chi connectivity index (χ0n) is 10.5. The number of aryl methyl sites for hydroxylation is 1. The molecule has 0 aliphatic heterocycles. The van der Waals surface area contributed by atoms with Gasteiger partial charge in [0.15, 0.2) is 10.9 Å². The summed E-state index contributed by atoms with van der Waals surface area (Å²) in [6.45, 7) is 0. The molecular formula is C12H12BrN3O2S. The first-order valence-corrected chi connectivity index (χ1v) is 7.23. The minimum Gasteiger partial charge on any atom is -0.496 e. The van der Waals surface area contributed by atoms with Crippen LogP contribution in [0.4, 0.5) is 0 Å². The summed E-state index contributed by atoms with van der Waals surface area (Å²) in [6.07, 6.45) is 1.47. The first-order valence-electron chi connectivity index (χ1n) is 5.45. The summed E-state index contributed by atoms with van der Waals surface area (Å²) in [5.74, 6) is 1.07. The summed E-state index contributed by atoms with van der Waals surface area (Å²) < 4.78 is 7.54. The monoisotopic (exact) mass is 341 g/mol. The van der Waals surface area contributed by atoms with E-state index in [-0.39, 0.29) is 5.78 Å². The van der Waals surface area contributed by atoms with Crippen molar-refractivity contribution in [2.45, 2.75) is 5.16 Å². The topological polar surface area (TPSA) is 57.0 Å². The van der Waals surface area contributed by atoms with Gasteiger partial charge in [0.05, 0.1) is 17.3 Å². The lowest BCUT2D eigenvalue weighted by Gasteiger charge is -2.05. The lowest BCUT2D eigenvalue weighted by Crippen LogP contribution is -2.04. The van der Waals surface area contributed by atoms with Crippen molar-refractivity contribution < 1.29 is 9.53 Å². The molecule has 0 spiro atoms. The minimum absolute atomic E-state index is 0.0383. The quantitative estimate of drug-likeness (QED) is 0.617. The van der Waals surface area contributed by atoms with E-state index in [0.29, 0.717) is 17.1 Å². The third-order valence-electron chi connectivity index (χ3n) is 2.48. The third-order valence-corrected chi connectivity index (χ3v) is 4.13. The molecule has 0 bridgehead atoms. The van der Waals surface area contributed by atoms with Crippen LogP contribution in [0.15, 0.2) is 34.2 Å². The van der Waals surface area contributed by atoms with Crippen LogP contribution in [0.25, 0.3) is 0 Å². The number of methoxy groups -OCH3 is 1. The molecule has 0 fully saturated rings. The molecule has 100 valence electrons. The molecule has 19 heavy (non-hydrogen) atoms. The van der Waals surface area contributed by atoms with Crippen LogP contribution < -0.4 is 4.74 Å². The highest BCUT2D eigenvalue weighted by Gasteiger charge is 2.11. The number of thioether (sulfide) groups is 1. The zero-order chi connectivity index (χ0) is 13.8. The van der Waals surface area contributed by atoms with E-state index in [9.17, 15) is 4.79 Å². The molecule has 0 N–H and O–H groups in total. The van der Waals surface area contributed by atoms with E-state index in [4.69, 9.17) is 4.74 Å². The Balaban J connectivity index is 2.04. The Kier molecular flexibility index (Phi) is 4.60. The van der Waals surface area contributed by atoms with E-state index in [2.05, 4.69) is 26.0 Å². The van der Waals surface area contributed by atoms with Gasteiger partial charge in [-0.3, -0.25) is 4.79 Å². The van der Waals surface area contributed by atoms with Crippen LogP contribution in [0, 0.1) is 0 Å². The molecule has 1 aromatic heterocycles. The lowest BCUT2D eigenvalue weighted by atomic mass is 10.1. The molecule has 2 aromatic rings. The molecule has 0 aliphatic carbocycles. The highest BCUT2D eigenvalue weighted by Crippen LogP contribution is 2.26. The Labute approximate surface area is 123 Å². The van der Waals surface area contributed by atoms with Crippen LogP contribution in [0.2, 0.25) is 0 Å². The van der Waals surface area contributed by atoms with Crippen LogP contribution in [0.1, 0.15) is 10.4 Å². The second-order valence-corrected chi connectivity index (χ2v) is 5.52. The van der Waals surface area contributed by atoms with Crippen molar-refractivity contribution in [3.63, 3.8) is 0 Å². The number of rotatable bonds is 5. The second-order valence-electron chi connectivity index (χ2n) is 3.73. The van der Waals surface area contributed by atoms with Gasteiger partial charge in [-0.25, -0.2) is 9.67 Å². The smallest absolute Gasteiger partial charge is 0.186 e. The second kappa shape index (κ2) is 6.21. The number of ether oxygens (including phenoxy) is 1. The van der Waals surface area contributed by atoms with Crippen LogP contribution in [-0.4, -0.2) is 33.4 Å². The number of carbonyl (C=O) groups is 1. The summed E-state index contributed by atoms with van der Waals surface area (Å²) in [5.41, 5.74) is 0.641. The van der Waals surface area contributed by atoms with E-state index >= 15 is 0 Å². The van der Waals surface area contributed by atoms with Crippen molar-refractivity contribution in [2.24, 2.45) is 7.05 Å². The maximum absolute atomic E-state index is 12.1. The molecule has 1 aromatic carbocycles. The molecule has 0 saturated carbocycles. The Hall–Kier alpha value is -1.34. The van der Waals surface area contributed by atoms with Gasteiger partial charge in [-0.2, -0.15) is 5.10 Å². The number of benzene rings is 1. The van der Waals surface area contributed by atoms with Crippen molar-refractivity contribution in [3.05, 3.63) is 34.6 Å². The van der Waals surface area contributed by atoms with Crippen molar-refractivity contribution in [1.82, 2.24) is 14.8 Å². The van der Waals surface area contributed by atoms with E-state index in [1.807, 2.05) is 0 Å². The minimum atomic E-state index is 0.0383. The lowest BCUT2D eigenvalue weighted by molar-refractivity contribution is 0.102. The fourth-order valence-electron chi connectivity index (χ4n) is 1.47. The number of hydrogen-bond donors (Lipinski definition) is 0. The average molecular weight is 342 g/mol. The number of Topliss-reactive ketones (excluding diaryl/α,β-unsaturated/α-hetero) is 1. The maximum atomic E-state index is 12.1. The molecule has 0 radical (unpaired) electrons. The maximum Gasteiger partial charge on any atom is 0.186 e. The molecule has 2 rings (SSSR count). The molecule has 5 nitrogen and oxygen atoms in total. The first-order chi connectivity index (χ1) is 9.11. The van der Waals surface area contributed by atoms with Gasteiger partial charge >= 0.3 is 0 Å². The molecule has 0 saturated heterocycles. The first kappa shape index (κ1) is 14.1. The van der Waals surface area contributed by atoms with Crippen LogP contribution >= 0.6 is 27.7 Å². The number of hydrogen-bond acceptors (Lipinski definition) is 5. The molecule has 0 atom stereocenters. The van der Waals surface area contributed by atoms with E-state index < -0.39 is 0 Å². The summed E-state index contributed by atoms with van der Waals surface area (Å²) in [4.78, 5) is 16.1. The molecule has 1 heterocycles. The third kappa shape index (κ3) is 3.36. The van der Waals surface area contributed by atoms with E-state index in [1.54, 1.807) is 37.0 Å². The predicted molar refractivity (Wildman–Crippen MR) is 76.8 cm³/mol. The van der Waals surface area contributed by atoms with Crippen molar-refractivity contribution in [2.75, 3.05) is 12.9 Å². The Bertz CT molecular complexity index is 600. The van der Waals surface area contributed by atoms with Gasteiger partial charge in [-0.15, -0.1) is 0 Å². The number of ketones is 1. The summed E-state index contributed by atoms with van der Waals surface area (Å²) in [6, 6.07) is 5.28. The number of aromatic nitrogens is 3. The van der Waals surface area contributed by atoms with Gasteiger partial charge in [-0.1, -0.05) is 11.8 Å². The number of carbonyl (C=O) groups excluding carboxylic acids is 1. The van der Waals surface area contributed by atoms with Gasteiger partial charge in [0.25, 0.3) is 0 Å². The molecule has 0 aliphatic rings. The average Bonchev–Trinajstić information content (AvgIpc) is 2.81. The van der Waals surface area contributed by atoms with Crippen LogP contribution in [0.5, 0.6) is 5.75 Å². The van der Waals surface area contributed by atoms with Gasteiger partial charge in [0, 0.05) is 12.6 Å².